The zero-order valence-electron chi connectivity index (χ0n) is 17.1. The first-order valence-electron chi connectivity index (χ1n) is 9.75. The van der Waals surface area contributed by atoms with Gasteiger partial charge in [0.05, 0.1) is 32.4 Å². The molecule has 0 unspecified atom stereocenters. The van der Waals surface area contributed by atoms with Gasteiger partial charge in [-0.3, -0.25) is 9.59 Å². The van der Waals surface area contributed by atoms with Crippen molar-refractivity contribution in [3.05, 3.63) is 75.0 Å². The van der Waals surface area contributed by atoms with Crippen LogP contribution in [-0.2, 0) is 11.3 Å². The second kappa shape index (κ2) is 8.91. The third kappa shape index (κ3) is 4.62. The largest absolute Gasteiger partial charge is 0.497 e. The molecule has 2 aromatic carbocycles. The summed E-state index contributed by atoms with van der Waals surface area (Å²) in [6.07, 6.45) is -0.168. The Morgan fingerprint density at radius 1 is 1.16 bits per heavy atom. The normalized spacial score (nSPS) is 13.5. The molecule has 4 rings (SSSR count). The molecule has 0 atom stereocenters. The molecule has 0 saturated carbocycles. The van der Waals surface area contributed by atoms with Crippen molar-refractivity contribution >= 4 is 17.4 Å². The molecule has 1 aromatic heterocycles. The zero-order valence-corrected chi connectivity index (χ0v) is 17.9. The molecule has 1 fully saturated rings. The van der Waals surface area contributed by atoms with Crippen LogP contribution >= 0.6 is 11.6 Å². The molecule has 7 nitrogen and oxygen atoms in total. The molecular weight excluding hydrogens is 420 g/mol. The third-order valence-corrected chi connectivity index (χ3v) is 5.23. The summed E-state index contributed by atoms with van der Waals surface area (Å²) in [5, 5.41) is 4.92. The molecule has 160 valence electrons. The van der Waals surface area contributed by atoms with Gasteiger partial charge in [-0.05, 0) is 48.4 Å². The van der Waals surface area contributed by atoms with Gasteiger partial charge < -0.3 is 14.2 Å². The summed E-state index contributed by atoms with van der Waals surface area (Å²) in [7, 11) is 1.60. The van der Waals surface area contributed by atoms with E-state index in [1.807, 2.05) is 24.3 Å². The van der Waals surface area contributed by atoms with E-state index in [1.54, 1.807) is 25.3 Å². The second-order valence-corrected chi connectivity index (χ2v) is 7.67. The van der Waals surface area contributed by atoms with Crippen molar-refractivity contribution in [2.24, 2.45) is 0 Å². The lowest BCUT2D eigenvalue weighted by Crippen LogP contribution is -2.39. The number of hydrogen-bond donors (Lipinski definition) is 0. The Morgan fingerprint density at radius 3 is 2.52 bits per heavy atom. The number of nitrogens with zero attached hydrogens (tertiary/aromatic N) is 2. The molecule has 1 aliphatic heterocycles. The lowest BCUT2D eigenvalue weighted by molar-refractivity contribution is -0.0816. The number of benzene rings is 2. The Hall–Kier alpha value is -3.16. The van der Waals surface area contributed by atoms with E-state index in [1.165, 1.54) is 17.7 Å². The van der Waals surface area contributed by atoms with Gasteiger partial charge in [0.2, 0.25) is 5.88 Å². The van der Waals surface area contributed by atoms with Gasteiger partial charge in [-0.15, -0.1) is 5.10 Å². The van der Waals surface area contributed by atoms with E-state index in [2.05, 4.69) is 5.10 Å². The van der Waals surface area contributed by atoms with Crippen LogP contribution < -0.4 is 15.0 Å². The molecule has 0 bridgehead atoms. The van der Waals surface area contributed by atoms with Crippen LogP contribution in [0.5, 0.6) is 11.6 Å². The van der Waals surface area contributed by atoms with Crippen molar-refractivity contribution in [3.63, 3.8) is 0 Å². The number of carbonyl (C=O) groups excluding carboxylic acids is 1. The number of ether oxygens (including phenoxy) is 3. The van der Waals surface area contributed by atoms with E-state index in [4.69, 9.17) is 25.8 Å². The van der Waals surface area contributed by atoms with Crippen LogP contribution in [-0.4, -0.2) is 42.0 Å². The van der Waals surface area contributed by atoms with Crippen LogP contribution in [0.25, 0.3) is 11.1 Å². The topological polar surface area (TPSA) is 79.7 Å². The second-order valence-electron chi connectivity index (χ2n) is 7.23. The summed E-state index contributed by atoms with van der Waals surface area (Å²) >= 11 is 6.18. The highest BCUT2D eigenvalue weighted by Gasteiger charge is 2.25. The Balaban J connectivity index is 1.78. The highest BCUT2D eigenvalue weighted by molar-refractivity contribution is 6.31. The van der Waals surface area contributed by atoms with Gasteiger partial charge in [0.25, 0.3) is 5.56 Å². The molecule has 0 N–H and O–H groups in total. The van der Waals surface area contributed by atoms with Crippen LogP contribution in [0.3, 0.4) is 0 Å². The van der Waals surface area contributed by atoms with Gasteiger partial charge in [0.1, 0.15) is 11.9 Å². The number of ketones is 1. The third-order valence-electron chi connectivity index (χ3n) is 4.99. The molecule has 0 aliphatic carbocycles. The lowest BCUT2D eigenvalue weighted by atomic mass is 9.98. The minimum absolute atomic E-state index is 0.146. The molecule has 0 amide bonds. The summed E-state index contributed by atoms with van der Waals surface area (Å²) in [6, 6.07) is 13.7. The summed E-state index contributed by atoms with van der Waals surface area (Å²) in [5.74, 6) is 0.837. The van der Waals surface area contributed by atoms with E-state index in [0.717, 1.165) is 11.3 Å². The van der Waals surface area contributed by atoms with E-state index in [-0.39, 0.29) is 29.9 Å². The molecule has 1 aliphatic rings. The van der Waals surface area contributed by atoms with Crippen molar-refractivity contribution in [2.75, 3.05) is 20.3 Å². The van der Waals surface area contributed by atoms with Gasteiger partial charge in [-0.2, -0.15) is 0 Å². The van der Waals surface area contributed by atoms with Gasteiger partial charge in [-0.1, -0.05) is 23.7 Å². The SMILES string of the molecule is COc1ccc(Cn2nc(OC3COC3)c(-c3cc(Cl)ccc3C(C)=O)cc2=O)cc1. The van der Waals surface area contributed by atoms with Crippen molar-refractivity contribution in [1.82, 2.24) is 9.78 Å². The first kappa shape index (κ1) is 21.1. The van der Waals surface area contributed by atoms with Crippen LogP contribution in [0, 0.1) is 0 Å². The van der Waals surface area contributed by atoms with Gasteiger partial charge in [-0.25, -0.2) is 4.68 Å². The van der Waals surface area contributed by atoms with E-state index in [0.29, 0.717) is 34.9 Å². The molecule has 0 spiro atoms. The lowest BCUT2D eigenvalue weighted by Gasteiger charge is -2.27. The number of halogens is 1. The maximum Gasteiger partial charge on any atom is 0.267 e. The van der Waals surface area contributed by atoms with Gasteiger partial charge in [0.15, 0.2) is 5.78 Å². The van der Waals surface area contributed by atoms with Gasteiger partial charge >= 0.3 is 0 Å². The van der Waals surface area contributed by atoms with Crippen LogP contribution in [0.15, 0.2) is 53.3 Å². The number of methoxy groups -OCH3 is 1. The summed E-state index contributed by atoms with van der Waals surface area (Å²) in [5.41, 5.74) is 1.94. The fourth-order valence-corrected chi connectivity index (χ4v) is 3.43. The number of carbonyl (C=O) groups is 1. The quantitative estimate of drug-likeness (QED) is 0.522. The van der Waals surface area contributed by atoms with Crippen molar-refractivity contribution in [2.45, 2.75) is 19.6 Å². The van der Waals surface area contributed by atoms with Crippen molar-refractivity contribution in [1.29, 1.82) is 0 Å². The van der Waals surface area contributed by atoms with Crippen molar-refractivity contribution in [3.8, 4) is 22.8 Å². The zero-order chi connectivity index (χ0) is 22.0. The number of rotatable bonds is 7. The first-order valence-corrected chi connectivity index (χ1v) is 10.1. The van der Waals surface area contributed by atoms with Crippen LogP contribution in [0.1, 0.15) is 22.8 Å². The highest BCUT2D eigenvalue weighted by atomic mass is 35.5. The maximum atomic E-state index is 12.9. The molecule has 8 heteroatoms. The molecule has 0 radical (unpaired) electrons. The predicted molar refractivity (Wildman–Crippen MR) is 116 cm³/mol. The number of aromatic nitrogens is 2. The summed E-state index contributed by atoms with van der Waals surface area (Å²) in [4.78, 5) is 25.1. The molecule has 3 aromatic rings. The minimum atomic E-state index is -0.322. The Bertz CT molecular complexity index is 1170. The Morgan fingerprint density at radius 2 is 1.90 bits per heavy atom. The minimum Gasteiger partial charge on any atom is -0.497 e. The van der Waals surface area contributed by atoms with E-state index < -0.39 is 0 Å². The Kier molecular flexibility index (Phi) is 6.06. The number of hydrogen-bond acceptors (Lipinski definition) is 6. The fourth-order valence-electron chi connectivity index (χ4n) is 3.26. The average molecular weight is 441 g/mol. The standard InChI is InChI=1S/C23H21ClN2O5/c1-14(27)19-8-5-16(24)9-20(19)21-10-22(28)26(25-23(21)31-18-12-30-13-18)11-15-3-6-17(29-2)7-4-15/h3-10,18H,11-13H2,1-2H3. The number of Topliss-reactive ketones (excluding diaryl/α,β-unsaturated/α-hetero) is 1. The summed E-state index contributed by atoms with van der Waals surface area (Å²) in [6.45, 7) is 2.60. The van der Waals surface area contributed by atoms with Crippen LogP contribution in [0.2, 0.25) is 5.02 Å². The van der Waals surface area contributed by atoms with Crippen molar-refractivity contribution < 1.29 is 19.0 Å². The predicted octanol–water partition coefficient (Wildman–Crippen LogP) is 3.60. The van der Waals surface area contributed by atoms with E-state index >= 15 is 0 Å². The molecular formula is C23H21ClN2O5. The van der Waals surface area contributed by atoms with Crippen LogP contribution in [0.4, 0.5) is 0 Å². The molecule has 1 saturated heterocycles. The fraction of sp³-hybridized carbons (Fsp3) is 0.261. The maximum absolute atomic E-state index is 12.9. The average Bonchev–Trinajstić information content (AvgIpc) is 2.72. The highest BCUT2D eigenvalue weighted by Crippen LogP contribution is 2.33. The van der Waals surface area contributed by atoms with Gasteiger partial charge in [0, 0.05) is 16.7 Å². The summed E-state index contributed by atoms with van der Waals surface area (Å²) < 4.78 is 17.7. The first-order chi connectivity index (χ1) is 14.9. The monoisotopic (exact) mass is 440 g/mol. The smallest absolute Gasteiger partial charge is 0.267 e. The van der Waals surface area contributed by atoms with E-state index in [9.17, 15) is 9.59 Å². The molecule has 2 heterocycles. The Labute approximate surface area is 184 Å². The molecule has 31 heavy (non-hydrogen) atoms.